The normalized spacial score (nSPS) is 29.1. The molecule has 1 heterocycles. The zero-order chi connectivity index (χ0) is 13.8. The second-order valence-corrected chi connectivity index (χ2v) is 6.59. The summed E-state index contributed by atoms with van der Waals surface area (Å²) < 4.78 is 0. The molecule has 5 heteroatoms. The molecule has 0 aromatic heterocycles. The standard InChI is InChI=1S/C14H20N2O3/c1-15-11(18)7-14(16(2)12(15)19)8-13(9-14)5-3-10(17)4-6-13/h3-9H2,1-2H3. The predicted molar refractivity (Wildman–Crippen MR) is 68.4 cm³/mol. The van der Waals surface area contributed by atoms with Gasteiger partial charge < -0.3 is 4.90 Å². The number of urea groups is 1. The van der Waals surface area contributed by atoms with Crippen molar-refractivity contribution >= 4 is 17.7 Å². The number of imide groups is 1. The van der Waals surface area contributed by atoms with Gasteiger partial charge in [0.25, 0.3) is 0 Å². The van der Waals surface area contributed by atoms with Gasteiger partial charge in [-0.05, 0) is 31.1 Å². The summed E-state index contributed by atoms with van der Waals surface area (Å²) in [7, 11) is 3.34. The number of rotatable bonds is 0. The monoisotopic (exact) mass is 264 g/mol. The minimum Gasteiger partial charge on any atom is -0.321 e. The van der Waals surface area contributed by atoms with Crippen molar-refractivity contribution in [2.45, 2.75) is 50.5 Å². The third-order valence-corrected chi connectivity index (χ3v) is 5.42. The van der Waals surface area contributed by atoms with Crippen LogP contribution in [0.4, 0.5) is 4.79 Å². The van der Waals surface area contributed by atoms with Gasteiger partial charge in [-0.25, -0.2) is 4.79 Å². The Kier molecular flexibility index (Phi) is 2.53. The van der Waals surface area contributed by atoms with Crippen LogP contribution < -0.4 is 0 Å². The van der Waals surface area contributed by atoms with Gasteiger partial charge in [0, 0.05) is 26.9 Å². The van der Waals surface area contributed by atoms with Crippen LogP contribution in [0.25, 0.3) is 0 Å². The summed E-state index contributed by atoms with van der Waals surface area (Å²) in [6.07, 6.45) is 5.40. The van der Waals surface area contributed by atoms with Crippen molar-refractivity contribution < 1.29 is 14.4 Å². The largest absolute Gasteiger partial charge is 0.326 e. The van der Waals surface area contributed by atoms with Gasteiger partial charge in [0.2, 0.25) is 5.91 Å². The van der Waals surface area contributed by atoms with Crippen molar-refractivity contribution in [3.63, 3.8) is 0 Å². The summed E-state index contributed by atoms with van der Waals surface area (Å²) in [5, 5.41) is 0. The molecule has 3 amide bonds. The Bertz CT molecular complexity index is 453. The minimum atomic E-state index is -0.277. The highest BCUT2D eigenvalue weighted by molar-refractivity contribution is 5.97. The van der Waals surface area contributed by atoms with E-state index in [0.717, 1.165) is 25.7 Å². The topological polar surface area (TPSA) is 57.7 Å². The Morgan fingerprint density at radius 1 is 1.00 bits per heavy atom. The molecule has 2 saturated carbocycles. The highest BCUT2D eigenvalue weighted by Crippen LogP contribution is 2.60. The molecule has 0 N–H and O–H groups in total. The Balaban J connectivity index is 1.75. The molecule has 2 spiro atoms. The average molecular weight is 264 g/mol. The number of ketones is 1. The lowest BCUT2D eigenvalue weighted by molar-refractivity contribution is -0.150. The molecule has 5 nitrogen and oxygen atoms in total. The quantitative estimate of drug-likeness (QED) is 0.667. The maximum absolute atomic E-state index is 12.0. The number of hydrogen-bond donors (Lipinski definition) is 0. The van der Waals surface area contributed by atoms with E-state index < -0.39 is 0 Å². The zero-order valence-corrected chi connectivity index (χ0v) is 11.6. The van der Waals surface area contributed by atoms with Crippen molar-refractivity contribution in [1.82, 2.24) is 9.80 Å². The second-order valence-electron chi connectivity index (χ2n) is 6.59. The van der Waals surface area contributed by atoms with Crippen LogP contribution in [0, 0.1) is 5.41 Å². The molecule has 3 fully saturated rings. The van der Waals surface area contributed by atoms with E-state index in [1.54, 1.807) is 19.0 Å². The van der Waals surface area contributed by atoms with Gasteiger partial charge in [-0.1, -0.05) is 0 Å². The molecule has 0 atom stereocenters. The highest BCUT2D eigenvalue weighted by atomic mass is 16.2. The Hall–Kier alpha value is -1.39. The van der Waals surface area contributed by atoms with Gasteiger partial charge in [-0.3, -0.25) is 14.5 Å². The highest BCUT2D eigenvalue weighted by Gasteiger charge is 2.61. The van der Waals surface area contributed by atoms with E-state index in [4.69, 9.17) is 0 Å². The Morgan fingerprint density at radius 2 is 1.58 bits per heavy atom. The molecule has 0 unspecified atom stereocenters. The fourth-order valence-corrected chi connectivity index (χ4v) is 4.17. The third kappa shape index (κ3) is 1.70. The SMILES string of the molecule is CN1C(=O)CC2(CC3(CCC(=O)CC3)C2)N(C)C1=O. The van der Waals surface area contributed by atoms with Crippen molar-refractivity contribution in [2.75, 3.05) is 14.1 Å². The van der Waals surface area contributed by atoms with Crippen molar-refractivity contribution in [3.05, 3.63) is 0 Å². The number of amides is 3. The zero-order valence-electron chi connectivity index (χ0n) is 11.6. The molecular formula is C14H20N2O3. The van der Waals surface area contributed by atoms with Gasteiger partial charge >= 0.3 is 6.03 Å². The first-order valence-corrected chi connectivity index (χ1v) is 6.94. The van der Waals surface area contributed by atoms with Crippen molar-refractivity contribution in [2.24, 2.45) is 5.41 Å². The first kappa shape index (κ1) is 12.6. The fraction of sp³-hybridized carbons (Fsp3) is 0.786. The van der Waals surface area contributed by atoms with E-state index in [2.05, 4.69) is 0 Å². The number of nitrogens with zero attached hydrogens (tertiary/aromatic N) is 2. The lowest BCUT2D eigenvalue weighted by atomic mass is 9.50. The summed E-state index contributed by atoms with van der Waals surface area (Å²) in [6, 6.07) is -0.196. The summed E-state index contributed by atoms with van der Waals surface area (Å²) in [4.78, 5) is 38.2. The molecule has 0 aromatic rings. The van der Waals surface area contributed by atoms with Crippen molar-refractivity contribution in [3.8, 4) is 0 Å². The number of hydrogen-bond acceptors (Lipinski definition) is 3. The lowest BCUT2D eigenvalue weighted by Gasteiger charge is -2.62. The van der Waals surface area contributed by atoms with E-state index in [1.165, 1.54) is 4.90 Å². The Labute approximate surface area is 112 Å². The van der Waals surface area contributed by atoms with Crippen LogP contribution in [0.2, 0.25) is 0 Å². The number of carbonyl (C=O) groups is 3. The van der Waals surface area contributed by atoms with Gasteiger partial charge in [-0.2, -0.15) is 0 Å². The van der Waals surface area contributed by atoms with Crippen LogP contribution >= 0.6 is 0 Å². The molecule has 3 rings (SSSR count). The maximum Gasteiger partial charge on any atom is 0.326 e. The second kappa shape index (κ2) is 3.81. The third-order valence-electron chi connectivity index (χ3n) is 5.42. The molecule has 0 aromatic carbocycles. The molecule has 0 radical (unpaired) electrons. The molecule has 19 heavy (non-hydrogen) atoms. The molecule has 2 aliphatic carbocycles. The molecule has 0 bridgehead atoms. The van der Waals surface area contributed by atoms with Crippen LogP contribution in [0.1, 0.15) is 44.9 Å². The summed E-state index contributed by atoms with van der Waals surface area (Å²) >= 11 is 0. The van der Waals surface area contributed by atoms with Crippen LogP contribution in [0.3, 0.4) is 0 Å². The van der Waals surface area contributed by atoms with Gasteiger partial charge in [0.15, 0.2) is 0 Å². The predicted octanol–water partition coefficient (Wildman–Crippen LogP) is 1.56. The lowest BCUT2D eigenvalue weighted by Crippen LogP contribution is -2.69. The van der Waals surface area contributed by atoms with Gasteiger partial charge in [0.1, 0.15) is 5.78 Å². The van der Waals surface area contributed by atoms with E-state index in [1.807, 2.05) is 0 Å². The first-order valence-electron chi connectivity index (χ1n) is 6.94. The van der Waals surface area contributed by atoms with E-state index >= 15 is 0 Å². The van der Waals surface area contributed by atoms with Crippen LogP contribution in [0.15, 0.2) is 0 Å². The average Bonchev–Trinajstić information content (AvgIpc) is 2.35. The molecule has 104 valence electrons. The van der Waals surface area contributed by atoms with Crippen LogP contribution in [0.5, 0.6) is 0 Å². The maximum atomic E-state index is 12.0. The van der Waals surface area contributed by atoms with Crippen LogP contribution in [-0.4, -0.2) is 47.2 Å². The van der Waals surface area contributed by atoms with E-state index in [9.17, 15) is 14.4 Å². The smallest absolute Gasteiger partial charge is 0.321 e. The molecule has 3 aliphatic rings. The summed E-state index contributed by atoms with van der Waals surface area (Å²) in [6.45, 7) is 0. The van der Waals surface area contributed by atoms with Crippen molar-refractivity contribution in [1.29, 1.82) is 0 Å². The molecular weight excluding hydrogens is 244 g/mol. The number of Topliss-reactive ketones (excluding diaryl/α,β-unsaturated/α-hetero) is 1. The number of carbonyl (C=O) groups excluding carboxylic acids is 3. The van der Waals surface area contributed by atoms with Crippen LogP contribution in [-0.2, 0) is 9.59 Å². The Morgan fingerprint density at radius 3 is 2.16 bits per heavy atom. The summed E-state index contributed by atoms with van der Waals surface area (Å²) in [5.74, 6) is 0.278. The molecule has 1 aliphatic heterocycles. The van der Waals surface area contributed by atoms with Gasteiger partial charge in [-0.15, -0.1) is 0 Å². The first-order chi connectivity index (χ1) is 8.88. The fourth-order valence-electron chi connectivity index (χ4n) is 4.17. The van der Waals surface area contributed by atoms with E-state index in [-0.39, 0.29) is 22.9 Å². The van der Waals surface area contributed by atoms with E-state index in [0.29, 0.717) is 25.0 Å². The minimum absolute atomic E-state index is 0.0789. The molecule has 1 saturated heterocycles. The summed E-state index contributed by atoms with van der Waals surface area (Å²) in [5.41, 5.74) is -0.0697. The van der Waals surface area contributed by atoms with Gasteiger partial charge in [0.05, 0.1) is 12.0 Å².